The molecule has 1 aromatic carbocycles. The van der Waals surface area contributed by atoms with Gasteiger partial charge in [0.1, 0.15) is 0 Å². The first-order valence-corrected chi connectivity index (χ1v) is 3.79. The van der Waals surface area contributed by atoms with E-state index in [0.29, 0.717) is 0 Å². The van der Waals surface area contributed by atoms with E-state index in [-0.39, 0.29) is 0 Å². The summed E-state index contributed by atoms with van der Waals surface area (Å²) in [6, 6.07) is 7.92. The van der Waals surface area contributed by atoms with Crippen LogP contribution >= 0.6 is 0 Å². The van der Waals surface area contributed by atoms with E-state index in [1.54, 1.807) is 13.8 Å². The summed E-state index contributed by atoms with van der Waals surface area (Å²) in [4.78, 5) is 0. The van der Waals surface area contributed by atoms with Crippen molar-refractivity contribution in [3.8, 4) is 0 Å². The van der Waals surface area contributed by atoms with Crippen LogP contribution in [0.25, 0.3) is 0 Å². The number of aliphatic hydroxyl groups is 1. The van der Waals surface area contributed by atoms with Gasteiger partial charge in [0.25, 0.3) is 0 Å². The van der Waals surface area contributed by atoms with Gasteiger partial charge in [0, 0.05) is 0 Å². The first-order chi connectivity index (χ1) is 5.00. The lowest BCUT2D eigenvalue weighted by Gasteiger charge is -2.17. The molecule has 0 aliphatic heterocycles. The van der Waals surface area contributed by atoms with Gasteiger partial charge < -0.3 is 5.11 Å². The Morgan fingerprint density at radius 1 is 1.09 bits per heavy atom. The normalized spacial score (nSPS) is 11.6. The lowest BCUT2D eigenvalue weighted by atomic mass is 9.98. The van der Waals surface area contributed by atoms with Crippen molar-refractivity contribution in [3.63, 3.8) is 0 Å². The number of benzene rings is 1. The fraction of sp³-hybridized carbons (Fsp3) is 0.400. The van der Waals surface area contributed by atoms with Gasteiger partial charge in [-0.1, -0.05) is 29.8 Å². The molecule has 0 aliphatic rings. The van der Waals surface area contributed by atoms with Gasteiger partial charge in [0.2, 0.25) is 0 Å². The Morgan fingerprint density at radius 3 is 1.91 bits per heavy atom. The first kappa shape index (κ1) is 8.28. The van der Waals surface area contributed by atoms with E-state index in [1.807, 2.05) is 31.2 Å². The summed E-state index contributed by atoms with van der Waals surface area (Å²) in [5.74, 6) is 0. The number of hydrogen-bond acceptors (Lipinski definition) is 1. The van der Waals surface area contributed by atoms with E-state index in [9.17, 15) is 5.11 Å². The maximum absolute atomic E-state index is 9.58. The molecule has 0 aromatic heterocycles. The van der Waals surface area contributed by atoms with Gasteiger partial charge in [-0.3, -0.25) is 0 Å². The number of hydrogen-bond donors (Lipinski definition) is 1. The molecule has 1 N–H and O–H groups in total. The summed E-state index contributed by atoms with van der Waals surface area (Å²) in [7, 11) is 0. The zero-order chi connectivity index (χ0) is 8.48. The van der Waals surface area contributed by atoms with Crippen LogP contribution in [0.3, 0.4) is 0 Å². The van der Waals surface area contributed by atoms with E-state index in [2.05, 4.69) is 0 Å². The molecule has 0 saturated heterocycles. The molecule has 1 nitrogen and oxygen atoms in total. The van der Waals surface area contributed by atoms with Crippen molar-refractivity contribution in [2.45, 2.75) is 26.4 Å². The second-order valence-electron chi connectivity index (χ2n) is 3.43. The smallest absolute Gasteiger partial charge is 0.0840 e. The molecule has 0 atom stereocenters. The van der Waals surface area contributed by atoms with E-state index >= 15 is 0 Å². The van der Waals surface area contributed by atoms with E-state index in [4.69, 9.17) is 0 Å². The minimum Gasteiger partial charge on any atom is -0.386 e. The Labute approximate surface area is 67.7 Å². The van der Waals surface area contributed by atoms with Gasteiger partial charge in [0.15, 0.2) is 0 Å². The minimum absolute atomic E-state index is 0.715. The summed E-state index contributed by atoms with van der Waals surface area (Å²) in [5.41, 5.74) is 1.47. The number of rotatable bonds is 1. The van der Waals surface area contributed by atoms with Crippen LogP contribution in [-0.4, -0.2) is 5.11 Å². The van der Waals surface area contributed by atoms with Crippen LogP contribution in [0.1, 0.15) is 25.0 Å². The van der Waals surface area contributed by atoms with Crippen LogP contribution in [0.5, 0.6) is 0 Å². The highest BCUT2D eigenvalue weighted by Gasteiger charge is 2.14. The summed E-state index contributed by atoms with van der Waals surface area (Å²) < 4.78 is 0. The summed E-state index contributed by atoms with van der Waals surface area (Å²) in [6.45, 7) is 5.61. The summed E-state index contributed by atoms with van der Waals surface area (Å²) >= 11 is 0. The quantitative estimate of drug-likeness (QED) is 0.650. The van der Waals surface area contributed by atoms with Crippen LogP contribution in [0, 0.1) is 6.92 Å². The third-order valence-electron chi connectivity index (χ3n) is 1.76. The Morgan fingerprint density at radius 2 is 1.55 bits per heavy atom. The lowest BCUT2D eigenvalue weighted by molar-refractivity contribution is 0.0786. The zero-order valence-corrected chi connectivity index (χ0v) is 7.26. The molecule has 1 rings (SSSR count). The topological polar surface area (TPSA) is 20.2 Å². The molecular weight excluding hydrogens is 136 g/mol. The zero-order valence-electron chi connectivity index (χ0n) is 7.26. The fourth-order valence-corrected chi connectivity index (χ4v) is 0.961. The van der Waals surface area contributed by atoms with Gasteiger partial charge in [-0.15, -0.1) is 0 Å². The Bertz CT molecular complexity index is 228. The maximum Gasteiger partial charge on any atom is 0.0840 e. The van der Waals surface area contributed by atoms with Crippen LogP contribution in [0.4, 0.5) is 0 Å². The van der Waals surface area contributed by atoms with Crippen molar-refractivity contribution in [2.75, 3.05) is 0 Å². The van der Waals surface area contributed by atoms with Gasteiger partial charge in [-0.05, 0) is 26.3 Å². The van der Waals surface area contributed by atoms with Gasteiger partial charge in [0.05, 0.1) is 5.60 Å². The predicted molar refractivity (Wildman–Crippen MR) is 46.4 cm³/mol. The molecule has 0 radical (unpaired) electrons. The molecule has 11 heavy (non-hydrogen) atoms. The van der Waals surface area contributed by atoms with Crippen LogP contribution in [0.2, 0.25) is 0 Å². The molecule has 0 spiro atoms. The number of aryl methyl sites for hydroxylation is 1. The third-order valence-corrected chi connectivity index (χ3v) is 1.76. The van der Waals surface area contributed by atoms with Gasteiger partial charge in [-0.25, -0.2) is 0 Å². The molecule has 0 unspecified atom stereocenters. The van der Waals surface area contributed by atoms with Crippen LogP contribution in [-0.2, 0) is 5.60 Å². The van der Waals surface area contributed by atoms with Crippen molar-refractivity contribution in [1.82, 2.24) is 0 Å². The molecule has 60 valence electrons. The highest BCUT2D eigenvalue weighted by Crippen LogP contribution is 2.19. The van der Waals surface area contributed by atoms with Gasteiger partial charge >= 0.3 is 0 Å². The van der Waals surface area contributed by atoms with Crippen molar-refractivity contribution < 1.29 is 5.11 Å². The molecule has 1 heteroatoms. The van der Waals surface area contributed by atoms with E-state index < -0.39 is 5.60 Å². The summed E-state index contributed by atoms with van der Waals surface area (Å²) in [5, 5.41) is 9.58. The largest absolute Gasteiger partial charge is 0.386 e. The molecule has 0 bridgehead atoms. The monoisotopic (exact) mass is 150 g/mol. The average Bonchev–Trinajstić information content (AvgIpc) is 1.86. The molecule has 0 saturated carbocycles. The second kappa shape index (κ2) is 2.67. The van der Waals surface area contributed by atoms with E-state index in [0.717, 1.165) is 5.56 Å². The highest BCUT2D eigenvalue weighted by molar-refractivity contribution is 5.25. The van der Waals surface area contributed by atoms with E-state index in [1.165, 1.54) is 5.56 Å². The molecule has 0 fully saturated rings. The van der Waals surface area contributed by atoms with Gasteiger partial charge in [-0.2, -0.15) is 0 Å². The SMILES string of the molecule is Cc1ccc(C(C)(C)O)cc1. The van der Waals surface area contributed by atoms with Crippen molar-refractivity contribution in [3.05, 3.63) is 35.4 Å². The highest BCUT2D eigenvalue weighted by atomic mass is 16.3. The van der Waals surface area contributed by atoms with Crippen LogP contribution < -0.4 is 0 Å². The first-order valence-electron chi connectivity index (χ1n) is 3.79. The second-order valence-corrected chi connectivity index (χ2v) is 3.43. The third kappa shape index (κ3) is 2.05. The maximum atomic E-state index is 9.58. The fourth-order valence-electron chi connectivity index (χ4n) is 0.961. The Kier molecular flexibility index (Phi) is 2.01. The van der Waals surface area contributed by atoms with Crippen molar-refractivity contribution in [1.29, 1.82) is 0 Å². The van der Waals surface area contributed by atoms with Crippen molar-refractivity contribution >= 4 is 0 Å². The van der Waals surface area contributed by atoms with Crippen molar-refractivity contribution in [2.24, 2.45) is 0 Å². The standard InChI is InChI=1S/C10H14O/c1-8-4-6-9(7-5-8)10(2,3)11/h4-7,11H,1-3H3. The molecule has 0 aliphatic carbocycles. The predicted octanol–water partition coefficient (Wildman–Crippen LogP) is 2.22. The Balaban J connectivity index is 2.99. The molecule has 0 amide bonds. The Hall–Kier alpha value is -0.820. The minimum atomic E-state index is -0.715. The molecule has 0 heterocycles. The van der Waals surface area contributed by atoms with Crippen LogP contribution in [0.15, 0.2) is 24.3 Å². The average molecular weight is 150 g/mol. The molecule has 1 aromatic rings. The summed E-state index contributed by atoms with van der Waals surface area (Å²) in [6.07, 6.45) is 0. The molecular formula is C10H14O. The lowest BCUT2D eigenvalue weighted by Crippen LogP contribution is -2.14.